The van der Waals surface area contributed by atoms with Gasteiger partial charge < -0.3 is 9.84 Å². The molecular weight excluding hydrogens is 307 g/mol. The minimum atomic E-state index is -1.16. The summed E-state index contributed by atoms with van der Waals surface area (Å²) in [6, 6.07) is 13.1. The number of benzene rings is 2. The largest absolute Gasteiger partial charge is 0.503 e. The van der Waals surface area contributed by atoms with Crippen molar-refractivity contribution in [1.82, 2.24) is 0 Å². The lowest BCUT2D eigenvalue weighted by atomic mass is 9.99. The third-order valence-corrected chi connectivity index (χ3v) is 3.30. The number of methoxy groups -OCH3 is 1. The number of terminal acetylenes is 1. The van der Waals surface area contributed by atoms with E-state index in [4.69, 9.17) is 11.2 Å². The number of hydrogen-bond acceptors (Lipinski definition) is 2. The second kappa shape index (κ2) is 7.80. The van der Waals surface area contributed by atoms with Crippen LogP contribution in [0.5, 0.6) is 0 Å². The maximum atomic E-state index is 14.6. The fourth-order valence-electron chi connectivity index (χ4n) is 2.19. The minimum absolute atomic E-state index is 0.0606. The number of hydrogen-bond donors (Lipinski definition) is 1. The summed E-state index contributed by atoms with van der Waals surface area (Å²) in [7, 11) is 1.35. The maximum Gasteiger partial charge on any atom is 0.339 e. The molecule has 3 nitrogen and oxygen atoms in total. The first kappa shape index (κ1) is 17.0. The molecule has 0 spiro atoms. The molecule has 0 aromatic heterocycles. The van der Waals surface area contributed by atoms with Crippen LogP contribution in [0.25, 0.3) is 17.5 Å². The van der Waals surface area contributed by atoms with Gasteiger partial charge in [0, 0.05) is 11.1 Å². The number of carbonyl (C=O) groups is 1. The molecule has 0 amide bonds. The van der Waals surface area contributed by atoms with Gasteiger partial charge in [-0.3, -0.25) is 0 Å². The second-order valence-electron chi connectivity index (χ2n) is 4.88. The van der Waals surface area contributed by atoms with Gasteiger partial charge in [0.05, 0.1) is 13.4 Å². The van der Waals surface area contributed by atoms with E-state index in [0.717, 1.165) is 6.26 Å². The Labute approximate surface area is 139 Å². The van der Waals surface area contributed by atoms with Gasteiger partial charge >= 0.3 is 5.97 Å². The van der Waals surface area contributed by atoms with Crippen molar-refractivity contribution in [2.24, 2.45) is 0 Å². The molecule has 24 heavy (non-hydrogen) atoms. The fourth-order valence-corrected chi connectivity index (χ4v) is 2.19. The number of rotatable bonds is 5. The average Bonchev–Trinajstić information content (AvgIpc) is 2.60. The highest BCUT2D eigenvalue weighted by molar-refractivity contribution is 6.16. The number of halogens is 1. The van der Waals surface area contributed by atoms with E-state index in [1.807, 2.05) is 0 Å². The summed E-state index contributed by atoms with van der Waals surface area (Å²) in [5.74, 6) is 0.778. The van der Waals surface area contributed by atoms with Crippen molar-refractivity contribution < 1.29 is 19.0 Å². The summed E-state index contributed by atoms with van der Waals surface area (Å²) in [4.78, 5) is 11.4. The van der Waals surface area contributed by atoms with Gasteiger partial charge in [0.25, 0.3) is 0 Å². The van der Waals surface area contributed by atoms with Gasteiger partial charge in [-0.2, -0.15) is 0 Å². The summed E-state index contributed by atoms with van der Waals surface area (Å²) in [6.07, 6.45) is 7.72. The number of carboxylic acids is 1. The fraction of sp³-hybridized carbons (Fsp3) is 0.0500. The van der Waals surface area contributed by atoms with Crippen molar-refractivity contribution >= 4 is 23.4 Å². The van der Waals surface area contributed by atoms with Crippen LogP contribution >= 0.6 is 0 Å². The Balaban J connectivity index is 2.51. The van der Waals surface area contributed by atoms with Crippen molar-refractivity contribution in [3.8, 4) is 12.3 Å². The summed E-state index contributed by atoms with van der Waals surface area (Å²) in [6.45, 7) is 0. The first-order valence-electron chi connectivity index (χ1n) is 7.06. The van der Waals surface area contributed by atoms with Crippen LogP contribution in [0.15, 0.2) is 54.8 Å². The summed E-state index contributed by atoms with van der Waals surface area (Å²) in [5, 5.41) is 9.32. The van der Waals surface area contributed by atoms with Crippen LogP contribution in [-0.4, -0.2) is 18.2 Å². The van der Waals surface area contributed by atoms with Crippen LogP contribution in [0, 0.1) is 12.3 Å². The van der Waals surface area contributed by atoms with Crippen LogP contribution in [0.4, 0.5) is 4.39 Å². The van der Waals surface area contributed by atoms with Crippen molar-refractivity contribution in [2.75, 3.05) is 7.11 Å². The molecule has 1 N–H and O–H groups in total. The first-order chi connectivity index (χ1) is 11.6. The highest BCUT2D eigenvalue weighted by atomic mass is 19.1. The lowest BCUT2D eigenvalue weighted by Gasteiger charge is -2.07. The Hall–Kier alpha value is -3.32. The van der Waals surface area contributed by atoms with E-state index < -0.39 is 11.8 Å². The summed E-state index contributed by atoms with van der Waals surface area (Å²) in [5.41, 5.74) is 1.61. The maximum absolute atomic E-state index is 14.6. The summed E-state index contributed by atoms with van der Waals surface area (Å²) < 4.78 is 19.4. The molecule has 0 aliphatic carbocycles. The number of aliphatic carboxylic acids is 1. The molecule has 0 saturated carbocycles. The van der Waals surface area contributed by atoms with Crippen LogP contribution in [0.2, 0.25) is 0 Å². The Bertz CT molecular complexity index is 857. The molecule has 4 heteroatoms. The first-order valence-corrected chi connectivity index (χ1v) is 7.06. The zero-order valence-corrected chi connectivity index (χ0v) is 13.0. The normalized spacial score (nSPS) is 11.7. The molecule has 0 saturated heterocycles. The zero-order valence-electron chi connectivity index (χ0n) is 13.0. The Morgan fingerprint density at radius 3 is 2.67 bits per heavy atom. The van der Waals surface area contributed by atoms with E-state index in [1.165, 1.54) is 13.2 Å². The topological polar surface area (TPSA) is 46.5 Å². The SMILES string of the molecule is C#Cc1cccc(C(F)=Cc2ccccc2C(=COC)C(=O)O)c1. The standard InChI is InChI=1S/C20H15FO3/c1-3-14-7-6-9-16(11-14)19(21)12-15-8-4-5-10-17(15)18(13-24-2)20(22)23/h1,4-13H,2H3,(H,22,23). The van der Waals surface area contributed by atoms with Crippen LogP contribution in [0.1, 0.15) is 22.3 Å². The molecule has 0 heterocycles. The highest BCUT2D eigenvalue weighted by Gasteiger charge is 2.14. The number of carboxylic acid groups (broad SMARTS) is 1. The lowest BCUT2D eigenvalue weighted by Crippen LogP contribution is -2.02. The van der Waals surface area contributed by atoms with Crippen molar-refractivity contribution in [3.63, 3.8) is 0 Å². The zero-order chi connectivity index (χ0) is 17.5. The quantitative estimate of drug-likeness (QED) is 0.388. The Morgan fingerprint density at radius 2 is 2.00 bits per heavy atom. The molecule has 2 aromatic rings. The van der Waals surface area contributed by atoms with Crippen molar-refractivity contribution in [1.29, 1.82) is 0 Å². The lowest BCUT2D eigenvalue weighted by molar-refractivity contribution is -0.130. The summed E-state index contributed by atoms with van der Waals surface area (Å²) >= 11 is 0. The minimum Gasteiger partial charge on any atom is -0.503 e. The Morgan fingerprint density at radius 1 is 1.25 bits per heavy atom. The third-order valence-electron chi connectivity index (χ3n) is 3.30. The van der Waals surface area contributed by atoms with Crippen molar-refractivity contribution in [2.45, 2.75) is 0 Å². The second-order valence-corrected chi connectivity index (χ2v) is 4.88. The highest BCUT2D eigenvalue weighted by Crippen LogP contribution is 2.26. The molecule has 2 aromatic carbocycles. The van der Waals surface area contributed by atoms with Gasteiger partial charge in [-0.25, -0.2) is 9.18 Å². The number of ether oxygens (including phenoxy) is 1. The van der Waals surface area contributed by atoms with E-state index in [9.17, 15) is 14.3 Å². The van der Waals surface area contributed by atoms with Gasteiger partial charge in [0.1, 0.15) is 11.4 Å². The van der Waals surface area contributed by atoms with E-state index in [0.29, 0.717) is 22.3 Å². The molecular formula is C20H15FO3. The molecule has 0 fully saturated rings. The Kier molecular flexibility index (Phi) is 5.54. The van der Waals surface area contributed by atoms with Gasteiger partial charge in [-0.1, -0.05) is 42.3 Å². The predicted octanol–water partition coefficient (Wildman–Crippen LogP) is 4.21. The van der Waals surface area contributed by atoms with E-state index in [2.05, 4.69) is 5.92 Å². The molecule has 0 aliphatic rings. The molecule has 2 rings (SSSR count). The van der Waals surface area contributed by atoms with Crippen molar-refractivity contribution in [3.05, 3.63) is 77.0 Å². The van der Waals surface area contributed by atoms with E-state index >= 15 is 0 Å². The van der Waals surface area contributed by atoms with Gasteiger partial charge in [0.2, 0.25) is 0 Å². The molecule has 0 unspecified atom stereocenters. The predicted molar refractivity (Wildman–Crippen MR) is 92.4 cm³/mol. The van der Waals surface area contributed by atoms with Gasteiger partial charge in [-0.15, -0.1) is 6.42 Å². The molecule has 0 bridgehead atoms. The smallest absolute Gasteiger partial charge is 0.339 e. The van der Waals surface area contributed by atoms with Crippen LogP contribution in [0.3, 0.4) is 0 Å². The molecule has 120 valence electrons. The van der Waals surface area contributed by atoms with Crippen LogP contribution in [-0.2, 0) is 9.53 Å². The van der Waals surface area contributed by atoms with E-state index in [-0.39, 0.29) is 5.57 Å². The van der Waals surface area contributed by atoms with Crippen LogP contribution < -0.4 is 0 Å². The van der Waals surface area contributed by atoms with Gasteiger partial charge in [-0.05, 0) is 29.3 Å². The monoisotopic (exact) mass is 322 g/mol. The molecule has 0 radical (unpaired) electrons. The van der Waals surface area contributed by atoms with E-state index in [1.54, 1.807) is 48.5 Å². The molecule has 0 atom stereocenters. The average molecular weight is 322 g/mol. The van der Waals surface area contributed by atoms with Gasteiger partial charge in [0.15, 0.2) is 0 Å². The third kappa shape index (κ3) is 3.90. The molecule has 0 aliphatic heterocycles.